The van der Waals surface area contributed by atoms with Crippen molar-refractivity contribution >= 4 is 0 Å². The lowest BCUT2D eigenvalue weighted by atomic mass is 10.1. The Morgan fingerprint density at radius 3 is 2.82 bits per heavy atom. The van der Waals surface area contributed by atoms with Gasteiger partial charge in [-0.15, -0.1) is 0 Å². The van der Waals surface area contributed by atoms with Gasteiger partial charge in [-0.1, -0.05) is 18.2 Å². The summed E-state index contributed by atoms with van der Waals surface area (Å²) in [5, 5.41) is 10.1. The van der Waals surface area contributed by atoms with Gasteiger partial charge < -0.3 is 5.32 Å². The van der Waals surface area contributed by atoms with Gasteiger partial charge in [0, 0.05) is 19.5 Å². The highest BCUT2D eigenvalue weighted by Crippen LogP contribution is 2.09. The second-order valence-corrected chi connectivity index (χ2v) is 4.28. The summed E-state index contributed by atoms with van der Waals surface area (Å²) in [6, 6.07) is 6.57. The first-order chi connectivity index (χ1) is 8.25. The average Bonchev–Trinajstić information content (AvgIpc) is 2.82. The monoisotopic (exact) mass is 230 g/mol. The van der Waals surface area contributed by atoms with Gasteiger partial charge in [0.1, 0.15) is 12.2 Å². The number of H-pyrrole nitrogens is 1. The van der Waals surface area contributed by atoms with Gasteiger partial charge >= 0.3 is 0 Å². The summed E-state index contributed by atoms with van der Waals surface area (Å²) in [5.74, 6) is 0.928. The first kappa shape index (κ1) is 11.8. The van der Waals surface area contributed by atoms with Crippen molar-refractivity contribution in [2.24, 2.45) is 0 Å². The fraction of sp³-hybridized carbons (Fsp3) is 0.385. The first-order valence-corrected chi connectivity index (χ1v) is 5.87. The zero-order chi connectivity index (χ0) is 12.1. The standard InChI is InChI=1S/C13H18N4/c1-10-3-4-12(7-11(10)2)8-14-6-5-13-15-9-16-17-13/h3-4,7,9,14H,5-6,8H2,1-2H3,(H,15,16,17). The van der Waals surface area contributed by atoms with Crippen molar-refractivity contribution in [2.75, 3.05) is 6.54 Å². The molecule has 0 radical (unpaired) electrons. The number of hydrogen-bond donors (Lipinski definition) is 2. The predicted octanol–water partition coefficient (Wildman–Crippen LogP) is 1.75. The van der Waals surface area contributed by atoms with Gasteiger partial charge in [0.15, 0.2) is 0 Å². The van der Waals surface area contributed by atoms with E-state index in [9.17, 15) is 0 Å². The van der Waals surface area contributed by atoms with Crippen LogP contribution in [-0.2, 0) is 13.0 Å². The van der Waals surface area contributed by atoms with E-state index in [-0.39, 0.29) is 0 Å². The lowest BCUT2D eigenvalue weighted by Gasteiger charge is -2.06. The quantitative estimate of drug-likeness (QED) is 0.769. The largest absolute Gasteiger partial charge is 0.312 e. The van der Waals surface area contributed by atoms with Crippen molar-refractivity contribution < 1.29 is 0 Å². The van der Waals surface area contributed by atoms with Crippen LogP contribution in [0.4, 0.5) is 0 Å². The summed E-state index contributed by atoms with van der Waals surface area (Å²) < 4.78 is 0. The van der Waals surface area contributed by atoms with Gasteiger partial charge in [-0.25, -0.2) is 4.98 Å². The molecule has 2 aromatic rings. The summed E-state index contributed by atoms with van der Waals surface area (Å²) >= 11 is 0. The molecule has 1 aromatic heterocycles. The van der Waals surface area contributed by atoms with Crippen LogP contribution in [0.1, 0.15) is 22.5 Å². The molecule has 90 valence electrons. The molecule has 17 heavy (non-hydrogen) atoms. The highest BCUT2D eigenvalue weighted by Gasteiger charge is 1.98. The summed E-state index contributed by atoms with van der Waals surface area (Å²) in [5.41, 5.74) is 4.01. The minimum atomic E-state index is 0.880. The van der Waals surface area contributed by atoms with Crippen LogP contribution in [0.2, 0.25) is 0 Å². The van der Waals surface area contributed by atoms with E-state index in [0.29, 0.717) is 0 Å². The van der Waals surface area contributed by atoms with Gasteiger partial charge in [0.05, 0.1) is 0 Å². The van der Waals surface area contributed by atoms with E-state index in [0.717, 1.165) is 25.3 Å². The Hall–Kier alpha value is -1.68. The van der Waals surface area contributed by atoms with Crippen LogP contribution in [0.3, 0.4) is 0 Å². The normalized spacial score (nSPS) is 10.7. The van der Waals surface area contributed by atoms with Crippen LogP contribution in [-0.4, -0.2) is 21.7 Å². The van der Waals surface area contributed by atoms with E-state index in [1.165, 1.54) is 16.7 Å². The van der Waals surface area contributed by atoms with Crippen molar-refractivity contribution in [3.63, 3.8) is 0 Å². The zero-order valence-corrected chi connectivity index (χ0v) is 10.3. The number of aryl methyl sites for hydroxylation is 2. The Balaban J connectivity index is 1.76. The van der Waals surface area contributed by atoms with Crippen molar-refractivity contribution in [3.8, 4) is 0 Å². The number of rotatable bonds is 5. The molecular weight excluding hydrogens is 212 g/mol. The third-order valence-electron chi connectivity index (χ3n) is 2.90. The summed E-state index contributed by atoms with van der Waals surface area (Å²) in [7, 11) is 0. The number of aromatic amines is 1. The maximum atomic E-state index is 4.08. The molecule has 2 N–H and O–H groups in total. The topological polar surface area (TPSA) is 53.6 Å². The number of nitrogens with one attached hydrogen (secondary N) is 2. The smallest absolute Gasteiger partial charge is 0.137 e. The Morgan fingerprint density at radius 1 is 1.24 bits per heavy atom. The molecule has 0 bridgehead atoms. The van der Waals surface area contributed by atoms with Crippen LogP contribution in [0, 0.1) is 13.8 Å². The SMILES string of the molecule is Cc1ccc(CNCCc2ncn[nH]2)cc1C. The van der Waals surface area contributed by atoms with Crippen molar-refractivity contribution in [1.29, 1.82) is 0 Å². The van der Waals surface area contributed by atoms with Gasteiger partial charge in [0.25, 0.3) is 0 Å². The van der Waals surface area contributed by atoms with Crippen LogP contribution in [0.5, 0.6) is 0 Å². The fourth-order valence-electron chi connectivity index (χ4n) is 1.70. The molecule has 4 nitrogen and oxygen atoms in total. The van der Waals surface area contributed by atoms with E-state index < -0.39 is 0 Å². The van der Waals surface area contributed by atoms with Crippen molar-refractivity contribution in [2.45, 2.75) is 26.8 Å². The Labute approximate surface area is 101 Å². The Morgan fingerprint density at radius 2 is 2.12 bits per heavy atom. The van der Waals surface area contributed by atoms with E-state index in [2.05, 4.69) is 52.5 Å². The molecule has 0 atom stereocenters. The molecule has 4 heteroatoms. The van der Waals surface area contributed by atoms with E-state index in [1.807, 2.05) is 0 Å². The van der Waals surface area contributed by atoms with Gasteiger partial charge in [-0.05, 0) is 30.5 Å². The molecule has 0 aliphatic rings. The van der Waals surface area contributed by atoms with Crippen molar-refractivity contribution in [3.05, 3.63) is 47.0 Å². The zero-order valence-electron chi connectivity index (χ0n) is 10.3. The van der Waals surface area contributed by atoms with Crippen LogP contribution >= 0.6 is 0 Å². The molecule has 0 aliphatic carbocycles. The molecular formula is C13H18N4. The molecule has 1 aromatic carbocycles. The molecule has 0 aliphatic heterocycles. The van der Waals surface area contributed by atoms with Crippen LogP contribution in [0.15, 0.2) is 24.5 Å². The second kappa shape index (κ2) is 5.59. The molecule has 0 amide bonds. The van der Waals surface area contributed by atoms with Crippen LogP contribution in [0.25, 0.3) is 0 Å². The third-order valence-corrected chi connectivity index (χ3v) is 2.90. The van der Waals surface area contributed by atoms with Crippen molar-refractivity contribution in [1.82, 2.24) is 20.5 Å². The Bertz CT molecular complexity index is 462. The number of benzene rings is 1. The highest BCUT2D eigenvalue weighted by molar-refractivity contribution is 5.29. The summed E-state index contributed by atoms with van der Waals surface area (Å²) in [4.78, 5) is 4.08. The van der Waals surface area contributed by atoms with Crippen LogP contribution < -0.4 is 5.32 Å². The number of aromatic nitrogens is 3. The summed E-state index contributed by atoms with van der Waals surface area (Å²) in [6.07, 6.45) is 2.42. The molecule has 2 rings (SSSR count). The molecule has 0 spiro atoms. The molecule has 0 fully saturated rings. The second-order valence-electron chi connectivity index (χ2n) is 4.28. The summed E-state index contributed by atoms with van der Waals surface area (Å²) in [6.45, 7) is 6.08. The highest BCUT2D eigenvalue weighted by atomic mass is 15.2. The minimum absolute atomic E-state index is 0.880. The van der Waals surface area contributed by atoms with E-state index in [1.54, 1.807) is 6.33 Å². The van der Waals surface area contributed by atoms with E-state index >= 15 is 0 Å². The lowest BCUT2D eigenvalue weighted by molar-refractivity contribution is 0.671. The van der Waals surface area contributed by atoms with E-state index in [4.69, 9.17) is 0 Å². The average molecular weight is 230 g/mol. The first-order valence-electron chi connectivity index (χ1n) is 5.87. The third kappa shape index (κ3) is 3.39. The molecule has 0 saturated carbocycles. The number of nitrogens with zero attached hydrogens (tertiary/aromatic N) is 2. The van der Waals surface area contributed by atoms with Gasteiger partial charge in [-0.3, -0.25) is 5.10 Å². The lowest BCUT2D eigenvalue weighted by Crippen LogP contribution is -2.17. The minimum Gasteiger partial charge on any atom is -0.312 e. The maximum absolute atomic E-state index is 4.08. The predicted molar refractivity (Wildman–Crippen MR) is 67.7 cm³/mol. The maximum Gasteiger partial charge on any atom is 0.137 e. The molecule has 0 saturated heterocycles. The molecule has 0 unspecified atom stereocenters. The molecule has 1 heterocycles. The Kier molecular flexibility index (Phi) is 3.88. The van der Waals surface area contributed by atoms with Gasteiger partial charge in [-0.2, -0.15) is 5.10 Å². The van der Waals surface area contributed by atoms with Gasteiger partial charge in [0.2, 0.25) is 0 Å². The fourth-order valence-corrected chi connectivity index (χ4v) is 1.70. The number of hydrogen-bond acceptors (Lipinski definition) is 3.